The third-order valence-electron chi connectivity index (χ3n) is 3.88. The van der Waals surface area contributed by atoms with Gasteiger partial charge >= 0.3 is 0 Å². The van der Waals surface area contributed by atoms with Crippen LogP contribution in [0.25, 0.3) is 17.1 Å². The highest BCUT2D eigenvalue weighted by atomic mass is 32.1. The first-order valence-electron chi connectivity index (χ1n) is 7.76. The van der Waals surface area contributed by atoms with Crippen LogP contribution in [0.2, 0.25) is 0 Å². The summed E-state index contributed by atoms with van der Waals surface area (Å²) in [7, 11) is 1.71. The summed E-state index contributed by atoms with van der Waals surface area (Å²) in [5.74, 6) is 0.393. The second kappa shape index (κ2) is 6.14. The van der Waals surface area contributed by atoms with Crippen LogP contribution in [-0.4, -0.2) is 38.8 Å². The van der Waals surface area contributed by atoms with E-state index in [4.69, 9.17) is 0 Å². The van der Waals surface area contributed by atoms with Gasteiger partial charge in [-0.3, -0.25) is 9.69 Å². The normalized spacial score (nSPS) is 16.1. The highest BCUT2D eigenvalue weighted by molar-refractivity contribution is 7.09. The average Bonchev–Trinajstić information content (AvgIpc) is 3.29. The van der Waals surface area contributed by atoms with Crippen LogP contribution in [0.1, 0.15) is 16.3 Å². The van der Waals surface area contributed by atoms with Crippen LogP contribution in [0.5, 0.6) is 0 Å². The van der Waals surface area contributed by atoms with Gasteiger partial charge in [-0.25, -0.2) is 15.0 Å². The molecular formula is C17H16N6OS. The number of aromatic nitrogens is 3. The lowest BCUT2D eigenvalue weighted by Gasteiger charge is -2.12. The van der Waals surface area contributed by atoms with Crippen LogP contribution in [0.4, 0.5) is 0 Å². The van der Waals surface area contributed by atoms with E-state index in [1.54, 1.807) is 30.8 Å². The number of carbonyl (C=O) groups excluding carboxylic acids is 1. The number of nitrogens with zero attached hydrogens (tertiary/aromatic N) is 4. The Morgan fingerprint density at radius 1 is 1.40 bits per heavy atom. The maximum Gasteiger partial charge on any atom is 0.279 e. The number of H-pyrrole nitrogens is 1. The zero-order valence-electron chi connectivity index (χ0n) is 13.8. The standard InChI is InChI=1S/C17H16N6OS/c1-10-8-25-15(21-10)7-18-17-22-14(16(24)23(17)2)6-11-3-4-12-13(5-11)20-9-19-12/h3-6,8-9H,7H2,1-2H3,(H,18,22)(H,19,20)/b14-6-. The van der Waals surface area contributed by atoms with Crippen LogP contribution in [-0.2, 0) is 11.3 Å². The molecular weight excluding hydrogens is 336 g/mol. The number of fused-ring (bicyclic) bond motifs is 1. The fourth-order valence-corrected chi connectivity index (χ4v) is 3.30. The topological polar surface area (TPSA) is 86.3 Å². The Morgan fingerprint density at radius 3 is 3.08 bits per heavy atom. The number of aryl methyl sites for hydroxylation is 1. The number of benzene rings is 1. The van der Waals surface area contributed by atoms with Gasteiger partial charge in [0, 0.05) is 18.1 Å². The number of nitrogens with one attached hydrogen (secondary N) is 2. The van der Waals surface area contributed by atoms with Crippen molar-refractivity contribution in [1.82, 2.24) is 25.2 Å². The van der Waals surface area contributed by atoms with Crippen LogP contribution >= 0.6 is 11.3 Å². The summed E-state index contributed by atoms with van der Waals surface area (Å²) in [6.45, 7) is 2.50. The smallest absolute Gasteiger partial charge is 0.279 e. The largest absolute Gasteiger partial charge is 0.349 e. The number of rotatable bonds is 3. The Bertz CT molecular complexity index is 1020. The summed E-state index contributed by atoms with van der Waals surface area (Å²) in [6.07, 6.45) is 3.42. The zero-order chi connectivity index (χ0) is 17.4. The lowest BCUT2D eigenvalue weighted by Crippen LogP contribution is -2.37. The number of thiazole rings is 1. The molecule has 4 rings (SSSR count). The number of likely N-dealkylation sites (N-methyl/N-ethyl adjacent to an activating group) is 1. The Hall–Kier alpha value is -3.00. The quantitative estimate of drug-likeness (QED) is 0.708. The number of aromatic amines is 1. The number of guanidine groups is 1. The summed E-state index contributed by atoms with van der Waals surface area (Å²) in [6, 6.07) is 5.79. The van der Waals surface area contributed by atoms with Crippen LogP contribution in [0.15, 0.2) is 40.6 Å². The van der Waals surface area contributed by atoms with E-state index in [1.807, 2.05) is 30.5 Å². The molecule has 126 valence electrons. The summed E-state index contributed by atoms with van der Waals surface area (Å²) in [5.41, 5.74) is 4.09. The predicted molar refractivity (Wildman–Crippen MR) is 98.0 cm³/mol. The number of imidazole rings is 1. The van der Waals surface area contributed by atoms with E-state index in [9.17, 15) is 4.79 Å². The molecule has 0 unspecified atom stereocenters. The first-order valence-corrected chi connectivity index (χ1v) is 8.64. The molecule has 7 nitrogen and oxygen atoms in total. The molecule has 0 saturated heterocycles. The minimum absolute atomic E-state index is 0.139. The van der Waals surface area contributed by atoms with E-state index in [-0.39, 0.29) is 5.91 Å². The van der Waals surface area contributed by atoms with Gasteiger partial charge in [-0.05, 0) is 30.7 Å². The number of aliphatic imine (C=N–C) groups is 1. The van der Waals surface area contributed by atoms with Crippen molar-refractivity contribution >= 4 is 40.3 Å². The molecule has 3 aromatic rings. The molecule has 0 atom stereocenters. The van der Waals surface area contributed by atoms with Gasteiger partial charge in [-0.2, -0.15) is 0 Å². The van der Waals surface area contributed by atoms with Crippen molar-refractivity contribution in [2.75, 3.05) is 7.05 Å². The third kappa shape index (κ3) is 3.03. The number of amides is 1. The number of hydrogen-bond donors (Lipinski definition) is 2. The summed E-state index contributed by atoms with van der Waals surface area (Å²) >= 11 is 1.58. The molecule has 0 spiro atoms. The molecule has 25 heavy (non-hydrogen) atoms. The van der Waals surface area contributed by atoms with Gasteiger partial charge < -0.3 is 10.3 Å². The Kier molecular flexibility index (Phi) is 3.81. The van der Waals surface area contributed by atoms with Gasteiger partial charge in [0.05, 0.1) is 23.9 Å². The maximum absolute atomic E-state index is 12.4. The van der Waals surface area contributed by atoms with Gasteiger partial charge in [0.25, 0.3) is 5.91 Å². The molecule has 0 bridgehead atoms. The van der Waals surface area contributed by atoms with E-state index in [0.29, 0.717) is 18.2 Å². The molecule has 1 amide bonds. The van der Waals surface area contributed by atoms with Crippen LogP contribution in [0.3, 0.4) is 0 Å². The first kappa shape index (κ1) is 15.5. The van der Waals surface area contributed by atoms with Crippen LogP contribution < -0.4 is 5.32 Å². The van der Waals surface area contributed by atoms with Gasteiger partial charge in [-0.1, -0.05) is 6.07 Å². The summed E-state index contributed by atoms with van der Waals surface area (Å²) < 4.78 is 0. The maximum atomic E-state index is 12.4. The van der Waals surface area contributed by atoms with Gasteiger partial charge in [0.1, 0.15) is 10.7 Å². The Morgan fingerprint density at radius 2 is 2.28 bits per heavy atom. The second-order valence-corrected chi connectivity index (χ2v) is 6.69. The molecule has 2 aromatic heterocycles. The fourth-order valence-electron chi connectivity index (χ4n) is 2.59. The minimum atomic E-state index is -0.139. The molecule has 0 fully saturated rings. The molecule has 1 aliphatic heterocycles. The highest BCUT2D eigenvalue weighted by Crippen LogP contribution is 2.19. The molecule has 0 saturated carbocycles. The van der Waals surface area contributed by atoms with E-state index in [1.165, 1.54) is 4.90 Å². The van der Waals surface area contributed by atoms with E-state index < -0.39 is 0 Å². The third-order valence-corrected chi connectivity index (χ3v) is 4.85. The monoisotopic (exact) mass is 352 g/mol. The van der Waals surface area contributed by atoms with E-state index in [0.717, 1.165) is 27.3 Å². The SMILES string of the molecule is Cc1csc(CNC2=N/C(=C\c3ccc4[nH]cnc4c3)C(=O)N2C)n1. The summed E-state index contributed by atoms with van der Waals surface area (Å²) in [4.78, 5) is 30.0. The van der Waals surface area contributed by atoms with Gasteiger partial charge in [0.15, 0.2) is 0 Å². The molecule has 2 N–H and O–H groups in total. The number of hydrogen-bond acceptors (Lipinski definition) is 6. The molecule has 8 heteroatoms. The lowest BCUT2D eigenvalue weighted by atomic mass is 10.1. The molecule has 0 aliphatic carbocycles. The van der Waals surface area contributed by atoms with Crippen molar-refractivity contribution in [3.05, 3.63) is 51.9 Å². The molecule has 3 heterocycles. The summed E-state index contributed by atoms with van der Waals surface area (Å²) in [5, 5.41) is 6.14. The minimum Gasteiger partial charge on any atom is -0.349 e. The predicted octanol–water partition coefficient (Wildman–Crippen LogP) is 2.29. The molecule has 0 radical (unpaired) electrons. The second-order valence-electron chi connectivity index (χ2n) is 5.74. The lowest BCUT2D eigenvalue weighted by molar-refractivity contribution is -0.121. The van der Waals surface area contributed by atoms with Gasteiger partial charge in [0.2, 0.25) is 5.96 Å². The van der Waals surface area contributed by atoms with Crippen molar-refractivity contribution < 1.29 is 4.79 Å². The van der Waals surface area contributed by atoms with E-state index in [2.05, 4.69) is 25.3 Å². The van der Waals surface area contributed by atoms with Crippen LogP contribution in [0, 0.1) is 6.92 Å². The average molecular weight is 352 g/mol. The van der Waals surface area contributed by atoms with Crippen molar-refractivity contribution in [2.24, 2.45) is 4.99 Å². The highest BCUT2D eigenvalue weighted by Gasteiger charge is 2.26. The van der Waals surface area contributed by atoms with Crippen molar-refractivity contribution in [2.45, 2.75) is 13.5 Å². The zero-order valence-corrected chi connectivity index (χ0v) is 14.6. The van der Waals surface area contributed by atoms with Crippen molar-refractivity contribution in [3.8, 4) is 0 Å². The van der Waals surface area contributed by atoms with Gasteiger partial charge in [-0.15, -0.1) is 11.3 Å². The van der Waals surface area contributed by atoms with Crippen molar-refractivity contribution in [1.29, 1.82) is 0 Å². The van der Waals surface area contributed by atoms with Crippen molar-refractivity contribution in [3.63, 3.8) is 0 Å². The Labute approximate surface area is 148 Å². The first-order chi connectivity index (χ1) is 12.1. The fraction of sp³-hybridized carbons (Fsp3) is 0.176. The molecule has 1 aliphatic rings. The number of carbonyl (C=O) groups is 1. The van der Waals surface area contributed by atoms with E-state index >= 15 is 0 Å². The Balaban J connectivity index is 1.56. The molecule has 1 aromatic carbocycles.